The van der Waals surface area contributed by atoms with Crippen LogP contribution in [0.2, 0.25) is 0 Å². The molecule has 1 rings (SSSR count). The molecule has 0 aliphatic rings. The zero-order chi connectivity index (χ0) is 13.3. The van der Waals surface area contributed by atoms with Gasteiger partial charge in [0.25, 0.3) is 0 Å². The van der Waals surface area contributed by atoms with Crippen LogP contribution in [0, 0.1) is 5.41 Å². The molecule has 1 aromatic carbocycles. The molecular weight excluding hydrogens is 222 g/mol. The first-order valence-corrected chi connectivity index (χ1v) is 7.02. The summed E-state index contributed by atoms with van der Waals surface area (Å²) in [6.07, 6.45) is 4.86. The van der Waals surface area contributed by atoms with Crippen LogP contribution in [0.15, 0.2) is 30.3 Å². The minimum absolute atomic E-state index is 0.406. The molecule has 0 bridgehead atoms. The maximum absolute atomic E-state index is 5.74. The van der Waals surface area contributed by atoms with E-state index in [0.717, 1.165) is 25.3 Å². The number of rotatable bonds is 9. The van der Waals surface area contributed by atoms with Crippen LogP contribution in [-0.4, -0.2) is 20.2 Å². The summed E-state index contributed by atoms with van der Waals surface area (Å²) >= 11 is 0. The molecule has 0 fully saturated rings. The fourth-order valence-electron chi connectivity index (χ4n) is 2.54. The zero-order valence-electron chi connectivity index (χ0n) is 12.0. The van der Waals surface area contributed by atoms with Crippen molar-refractivity contribution < 1.29 is 4.74 Å². The number of para-hydroxylation sites is 1. The van der Waals surface area contributed by atoms with E-state index in [4.69, 9.17) is 4.74 Å². The van der Waals surface area contributed by atoms with Gasteiger partial charge in [0, 0.05) is 6.54 Å². The van der Waals surface area contributed by atoms with Crippen molar-refractivity contribution in [2.75, 3.05) is 20.2 Å². The standard InChI is InChI=1S/C16H27NO/c1-4-11-16(2,14-17-3)12-8-13-18-15-9-6-5-7-10-15/h5-7,9-10,17H,4,8,11-14H2,1-3H3. The molecule has 0 amide bonds. The number of benzene rings is 1. The molecule has 0 radical (unpaired) electrons. The molecule has 1 atom stereocenters. The smallest absolute Gasteiger partial charge is 0.119 e. The third-order valence-corrected chi connectivity index (χ3v) is 3.39. The fraction of sp³-hybridized carbons (Fsp3) is 0.625. The van der Waals surface area contributed by atoms with Gasteiger partial charge in [-0.25, -0.2) is 0 Å². The molecule has 0 aliphatic carbocycles. The Morgan fingerprint density at radius 3 is 2.50 bits per heavy atom. The second-order valence-electron chi connectivity index (χ2n) is 5.36. The summed E-state index contributed by atoms with van der Waals surface area (Å²) in [7, 11) is 2.04. The van der Waals surface area contributed by atoms with E-state index in [2.05, 4.69) is 19.2 Å². The van der Waals surface area contributed by atoms with E-state index in [9.17, 15) is 0 Å². The molecule has 102 valence electrons. The van der Waals surface area contributed by atoms with Gasteiger partial charge in [0.2, 0.25) is 0 Å². The quantitative estimate of drug-likeness (QED) is 0.671. The molecule has 2 heteroatoms. The Hall–Kier alpha value is -1.02. The van der Waals surface area contributed by atoms with Gasteiger partial charge in [-0.05, 0) is 43.9 Å². The Morgan fingerprint density at radius 2 is 1.89 bits per heavy atom. The van der Waals surface area contributed by atoms with Crippen LogP contribution in [0.1, 0.15) is 39.5 Å². The predicted octanol–water partition coefficient (Wildman–Crippen LogP) is 3.87. The van der Waals surface area contributed by atoms with Crippen LogP contribution in [0.4, 0.5) is 0 Å². The summed E-state index contributed by atoms with van der Waals surface area (Å²) in [4.78, 5) is 0. The second-order valence-corrected chi connectivity index (χ2v) is 5.36. The minimum atomic E-state index is 0.406. The number of hydrogen-bond acceptors (Lipinski definition) is 2. The van der Waals surface area contributed by atoms with E-state index in [-0.39, 0.29) is 0 Å². The molecule has 1 N–H and O–H groups in total. The normalized spacial score (nSPS) is 14.2. The third kappa shape index (κ3) is 5.54. The average Bonchev–Trinajstić information content (AvgIpc) is 2.37. The summed E-state index contributed by atoms with van der Waals surface area (Å²) in [5, 5.41) is 3.31. The van der Waals surface area contributed by atoms with Crippen molar-refractivity contribution in [2.24, 2.45) is 5.41 Å². The van der Waals surface area contributed by atoms with Gasteiger partial charge in [-0.3, -0.25) is 0 Å². The van der Waals surface area contributed by atoms with Crippen LogP contribution >= 0.6 is 0 Å². The monoisotopic (exact) mass is 249 g/mol. The van der Waals surface area contributed by atoms with Gasteiger partial charge in [0.05, 0.1) is 6.61 Å². The van der Waals surface area contributed by atoms with Gasteiger partial charge in [-0.1, -0.05) is 38.5 Å². The Bertz CT molecular complexity index is 304. The molecule has 1 aromatic rings. The summed E-state index contributed by atoms with van der Waals surface area (Å²) in [6, 6.07) is 10.1. The van der Waals surface area contributed by atoms with Crippen molar-refractivity contribution in [3.63, 3.8) is 0 Å². The molecule has 0 spiro atoms. The molecule has 0 saturated heterocycles. The first-order chi connectivity index (χ1) is 8.70. The van der Waals surface area contributed by atoms with Crippen LogP contribution in [0.5, 0.6) is 5.75 Å². The maximum Gasteiger partial charge on any atom is 0.119 e. The highest BCUT2D eigenvalue weighted by molar-refractivity contribution is 5.20. The molecular formula is C16H27NO. The molecule has 0 heterocycles. The topological polar surface area (TPSA) is 21.3 Å². The first kappa shape index (κ1) is 15.0. The van der Waals surface area contributed by atoms with E-state index in [0.29, 0.717) is 5.41 Å². The number of nitrogens with one attached hydrogen (secondary N) is 1. The van der Waals surface area contributed by atoms with Crippen molar-refractivity contribution in [2.45, 2.75) is 39.5 Å². The lowest BCUT2D eigenvalue weighted by Crippen LogP contribution is -2.30. The van der Waals surface area contributed by atoms with Crippen LogP contribution < -0.4 is 10.1 Å². The summed E-state index contributed by atoms with van der Waals surface area (Å²) in [5.74, 6) is 0.975. The Labute approximate surface area is 112 Å². The molecule has 0 aliphatic heterocycles. The highest BCUT2D eigenvalue weighted by atomic mass is 16.5. The van der Waals surface area contributed by atoms with Gasteiger partial charge >= 0.3 is 0 Å². The van der Waals surface area contributed by atoms with Crippen LogP contribution in [0.25, 0.3) is 0 Å². The Balaban J connectivity index is 2.26. The lowest BCUT2D eigenvalue weighted by atomic mass is 9.81. The van der Waals surface area contributed by atoms with Crippen molar-refractivity contribution in [1.82, 2.24) is 5.32 Å². The SMILES string of the molecule is CCCC(C)(CCCOc1ccccc1)CNC. The average molecular weight is 249 g/mol. The second kappa shape index (κ2) is 8.15. The van der Waals surface area contributed by atoms with Gasteiger partial charge in [0.15, 0.2) is 0 Å². The van der Waals surface area contributed by atoms with Crippen LogP contribution in [0.3, 0.4) is 0 Å². The van der Waals surface area contributed by atoms with Crippen molar-refractivity contribution in [3.05, 3.63) is 30.3 Å². The van der Waals surface area contributed by atoms with E-state index < -0.39 is 0 Å². The van der Waals surface area contributed by atoms with Crippen LogP contribution in [-0.2, 0) is 0 Å². The Morgan fingerprint density at radius 1 is 1.17 bits per heavy atom. The van der Waals surface area contributed by atoms with Crippen molar-refractivity contribution in [1.29, 1.82) is 0 Å². The summed E-state index contributed by atoms with van der Waals surface area (Å²) in [5.41, 5.74) is 0.406. The first-order valence-electron chi connectivity index (χ1n) is 7.02. The molecule has 0 saturated carbocycles. The number of hydrogen-bond donors (Lipinski definition) is 1. The third-order valence-electron chi connectivity index (χ3n) is 3.39. The van der Waals surface area contributed by atoms with Crippen molar-refractivity contribution >= 4 is 0 Å². The van der Waals surface area contributed by atoms with E-state index in [1.54, 1.807) is 0 Å². The summed E-state index contributed by atoms with van der Waals surface area (Å²) < 4.78 is 5.74. The van der Waals surface area contributed by atoms with E-state index in [1.807, 2.05) is 37.4 Å². The van der Waals surface area contributed by atoms with E-state index in [1.165, 1.54) is 19.3 Å². The number of ether oxygens (including phenoxy) is 1. The molecule has 1 unspecified atom stereocenters. The van der Waals surface area contributed by atoms with Gasteiger partial charge < -0.3 is 10.1 Å². The largest absolute Gasteiger partial charge is 0.494 e. The highest BCUT2D eigenvalue weighted by Crippen LogP contribution is 2.28. The highest BCUT2D eigenvalue weighted by Gasteiger charge is 2.21. The predicted molar refractivity (Wildman–Crippen MR) is 78.1 cm³/mol. The van der Waals surface area contributed by atoms with Gasteiger partial charge in [-0.2, -0.15) is 0 Å². The van der Waals surface area contributed by atoms with Gasteiger partial charge in [-0.15, -0.1) is 0 Å². The lowest BCUT2D eigenvalue weighted by Gasteiger charge is -2.29. The molecule has 18 heavy (non-hydrogen) atoms. The molecule has 0 aromatic heterocycles. The zero-order valence-corrected chi connectivity index (χ0v) is 12.0. The van der Waals surface area contributed by atoms with Gasteiger partial charge in [0.1, 0.15) is 5.75 Å². The van der Waals surface area contributed by atoms with E-state index >= 15 is 0 Å². The van der Waals surface area contributed by atoms with Crippen molar-refractivity contribution in [3.8, 4) is 5.75 Å². The summed E-state index contributed by atoms with van der Waals surface area (Å²) in [6.45, 7) is 6.53. The molecule has 2 nitrogen and oxygen atoms in total. The minimum Gasteiger partial charge on any atom is -0.494 e. The maximum atomic E-state index is 5.74. The fourth-order valence-corrected chi connectivity index (χ4v) is 2.54. The lowest BCUT2D eigenvalue weighted by molar-refractivity contribution is 0.222. The Kier molecular flexibility index (Phi) is 6.81.